The second kappa shape index (κ2) is 3.81. The van der Waals surface area contributed by atoms with E-state index >= 15 is 0 Å². The van der Waals surface area contributed by atoms with E-state index in [1.54, 1.807) is 19.2 Å². The van der Waals surface area contributed by atoms with Gasteiger partial charge in [0.15, 0.2) is 5.75 Å². The van der Waals surface area contributed by atoms with Gasteiger partial charge in [0.1, 0.15) is 0 Å². The largest absolute Gasteiger partial charge is 0.487 e. The Labute approximate surface area is 88.4 Å². The molecule has 2 rings (SSSR count). The highest BCUT2D eigenvalue weighted by atomic mass is 16.5. The van der Waals surface area contributed by atoms with Crippen LogP contribution in [0.2, 0.25) is 0 Å². The third-order valence-corrected chi connectivity index (χ3v) is 2.36. The molecule has 1 aliphatic carbocycles. The Kier molecular flexibility index (Phi) is 2.49. The number of anilines is 1. The van der Waals surface area contributed by atoms with E-state index in [2.05, 4.69) is 5.32 Å². The van der Waals surface area contributed by atoms with Crippen LogP contribution in [0.15, 0.2) is 18.2 Å². The Balaban J connectivity index is 2.38. The summed E-state index contributed by atoms with van der Waals surface area (Å²) >= 11 is 0. The fraction of sp³-hybridized carbons (Fsp3) is 0.364. The van der Waals surface area contributed by atoms with Gasteiger partial charge in [0.05, 0.1) is 17.4 Å². The SMILES string of the molecule is CNc1cccc(C(N)=O)c1OC1CC1. The van der Waals surface area contributed by atoms with Crippen LogP contribution in [0.1, 0.15) is 23.2 Å². The van der Waals surface area contributed by atoms with Gasteiger partial charge in [-0.2, -0.15) is 0 Å². The van der Waals surface area contributed by atoms with Gasteiger partial charge in [-0.15, -0.1) is 0 Å². The minimum Gasteiger partial charge on any atom is -0.487 e. The van der Waals surface area contributed by atoms with Crippen molar-refractivity contribution in [3.8, 4) is 5.75 Å². The lowest BCUT2D eigenvalue weighted by molar-refractivity contribution is 0.0996. The molecular formula is C11H14N2O2. The van der Waals surface area contributed by atoms with Crippen LogP contribution < -0.4 is 15.8 Å². The molecule has 1 aromatic carbocycles. The first-order valence-electron chi connectivity index (χ1n) is 4.99. The molecule has 1 aliphatic rings. The van der Waals surface area contributed by atoms with Crippen LogP contribution in [0, 0.1) is 0 Å². The fourth-order valence-corrected chi connectivity index (χ4v) is 1.41. The maximum absolute atomic E-state index is 11.2. The molecule has 1 aromatic rings. The van der Waals surface area contributed by atoms with Crippen molar-refractivity contribution >= 4 is 11.6 Å². The molecule has 0 saturated heterocycles. The van der Waals surface area contributed by atoms with Crippen molar-refractivity contribution in [2.24, 2.45) is 5.73 Å². The van der Waals surface area contributed by atoms with E-state index in [1.807, 2.05) is 6.07 Å². The average molecular weight is 206 g/mol. The summed E-state index contributed by atoms with van der Waals surface area (Å²) in [6.07, 6.45) is 2.35. The molecule has 1 fully saturated rings. The predicted molar refractivity (Wildman–Crippen MR) is 58.2 cm³/mol. The second-order valence-electron chi connectivity index (χ2n) is 3.61. The van der Waals surface area contributed by atoms with E-state index in [0.717, 1.165) is 18.5 Å². The summed E-state index contributed by atoms with van der Waals surface area (Å²) in [7, 11) is 1.79. The minimum absolute atomic E-state index is 0.248. The molecule has 0 atom stereocenters. The maximum Gasteiger partial charge on any atom is 0.252 e. The van der Waals surface area contributed by atoms with Gasteiger partial charge in [-0.05, 0) is 25.0 Å². The zero-order chi connectivity index (χ0) is 10.8. The van der Waals surface area contributed by atoms with Crippen molar-refractivity contribution in [1.82, 2.24) is 0 Å². The molecule has 0 unspecified atom stereocenters. The average Bonchev–Trinajstić information content (AvgIpc) is 3.01. The number of rotatable bonds is 4. The highest BCUT2D eigenvalue weighted by molar-refractivity contribution is 5.97. The third kappa shape index (κ3) is 2.03. The molecule has 1 saturated carbocycles. The number of ether oxygens (including phenoxy) is 1. The lowest BCUT2D eigenvalue weighted by Gasteiger charge is -2.13. The van der Waals surface area contributed by atoms with Crippen molar-refractivity contribution in [2.75, 3.05) is 12.4 Å². The summed E-state index contributed by atoms with van der Waals surface area (Å²) in [5, 5.41) is 2.99. The van der Waals surface area contributed by atoms with Crippen LogP contribution in [0.4, 0.5) is 5.69 Å². The molecule has 0 heterocycles. The van der Waals surface area contributed by atoms with Crippen LogP contribution >= 0.6 is 0 Å². The topological polar surface area (TPSA) is 64.3 Å². The monoisotopic (exact) mass is 206 g/mol. The van der Waals surface area contributed by atoms with Crippen LogP contribution in [0.5, 0.6) is 5.75 Å². The van der Waals surface area contributed by atoms with Crippen LogP contribution in [-0.4, -0.2) is 19.1 Å². The summed E-state index contributed by atoms with van der Waals surface area (Å²) in [5.74, 6) is 0.123. The van der Waals surface area contributed by atoms with Crippen molar-refractivity contribution < 1.29 is 9.53 Å². The van der Waals surface area contributed by atoms with E-state index in [0.29, 0.717) is 11.3 Å². The number of para-hydroxylation sites is 1. The molecule has 0 aromatic heterocycles. The fourth-order valence-electron chi connectivity index (χ4n) is 1.41. The van der Waals surface area contributed by atoms with Crippen molar-refractivity contribution in [3.63, 3.8) is 0 Å². The number of carbonyl (C=O) groups excluding carboxylic acids is 1. The quantitative estimate of drug-likeness (QED) is 0.782. The normalized spacial score (nSPS) is 14.7. The van der Waals surface area contributed by atoms with Gasteiger partial charge < -0.3 is 15.8 Å². The van der Waals surface area contributed by atoms with E-state index in [4.69, 9.17) is 10.5 Å². The molecule has 0 spiro atoms. The Bertz CT molecular complexity index is 386. The van der Waals surface area contributed by atoms with E-state index in [-0.39, 0.29) is 6.10 Å². The Hall–Kier alpha value is -1.71. The van der Waals surface area contributed by atoms with Crippen LogP contribution in [0.3, 0.4) is 0 Å². The molecule has 4 nitrogen and oxygen atoms in total. The predicted octanol–water partition coefficient (Wildman–Crippen LogP) is 1.37. The standard InChI is InChI=1S/C11H14N2O2/c1-13-9-4-2-3-8(11(12)14)10(9)15-7-5-6-7/h2-4,7,13H,5-6H2,1H3,(H2,12,14). The van der Waals surface area contributed by atoms with E-state index < -0.39 is 5.91 Å². The summed E-state index contributed by atoms with van der Waals surface area (Å²) < 4.78 is 5.68. The molecule has 0 bridgehead atoms. The first-order chi connectivity index (χ1) is 7.22. The van der Waals surface area contributed by atoms with Crippen molar-refractivity contribution in [1.29, 1.82) is 0 Å². The van der Waals surface area contributed by atoms with Crippen LogP contribution in [-0.2, 0) is 0 Å². The third-order valence-electron chi connectivity index (χ3n) is 2.36. The highest BCUT2D eigenvalue weighted by Crippen LogP contribution is 2.34. The molecule has 15 heavy (non-hydrogen) atoms. The molecule has 0 aliphatic heterocycles. The van der Waals surface area contributed by atoms with Crippen molar-refractivity contribution in [3.05, 3.63) is 23.8 Å². The number of hydrogen-bond donors (Lipinski definition) is 2. The van der Waals surface area contributed by atoms with E-state index in [9.17, 15) is 4.79 Å². The molecule has 3 N–H and O–H groups in total. The van der Waals surface area contributed by atoms with Gasteiger partial charge in [-0.3, -0.25) is 4.79 Å². The van der Waals surface area contributed by atoms with Gasteiger partial charge in [0.25, 0.3) is 5.91 Å². The van der Waals surface area contributed by atoms with Crippen molar-refractivity contribution in [2.45, 2.75) is 18.9 Å². The first kappa shape index (κ1) is 9.83. The molecule has 4 heteroatoms. The van der Waals surface area contributed by atoms with Gasteiger partial charge in [-0.25, -0.2) is 0 Å². The highest BCUT2D eigenvalue weighted by Gasteiger charge is 2.26. The smallest absolute Gasteiger partial charge is 0.252 e. The van der Waals surface area contributed by atoms with Crippen LogP contribution in [0.25, 0.3) is 0 Å². The maximum atomic E-state index is 11.2. The van der Waals surface area contributed by atoms with Gasteiger partial charge >= 0.3 is 0 Å². The summed E-state index contributed by atoms with van der Waals surface area (Å²) in [6.45, 7) is 0. The number of hydrogen-bond acceptors (Lipinski definition) is 3. The summed E-state index contributed by atoms with van der Waals surface area (Å²) in [5.41, 5.74) is 6.53. The zero-order valence-electron chi connectivity index (χ0n) is 8.62. The van der Waals surface area contributed by atoms with E-state index in [1.165, 1.54) is 0 Å². The Morgan fingerprint density at radius 2 is 2.27 bits per heavy atom. The minimum atomic E-state index is -0.456. The van der Waals surface area contributed by atoms with Gasteiger partial charge in [-0.1, -0.05) is 6.07 Å². The lowest BCUT2D eigenvalue weighted by atomic mass is 10.1. The number of nitrogens with two attached hydrogens (primary N) is 1. The number of amides is 1. The number of primary amides is 1. The lowest BCUT2D eigenvalue weighted by Crippen LogP contribution is -2.14. The van der Waals surface area contributed by atoms with Gasteiger partial charge in [0.2, 0.25) is 0 Å². The number of carbonyl (C=O) groups is 1. The molecule has 0 radical (unpaired) electrons. The summed E-state index contributed by atoms with van der Waals surface area (Å²) in [6, 6.07) is 5.33. The molecule has 1 amide bonds. The Morgan fingerprint density at radius 1 is 1.53 bits per heavy atom. The Morgan fingerprint density at radius 3 is 2.80 bits per heavy atom. The summed E-state index contributed by atoms with van der Waals surface area (Å²) in [4.78, 5) is 11.2. The molecular weight excluding hydrogens is 192 g/mol. The number of nitrogens with one attached hydrogen (secondary N) is 1. The zero-order valence-corrected chi connectivity index (χ0v) is 8.62. The van der Waals surface area contributed by atoms with Gasteiger partial charge in [0, 0.05) is 7.05 Å². The molecule has 80 valence electrons. The first-order valence-corrected chi connectivity index (χ1v) is 4.99. The number of benzene rings is 1. The second-order valence-corrected chi connectivity index (χ2v) is 3.61.